The van der Waals surface area contributed by atoms with Gasteiger partial charge in [-0.2, -0.15) is 0 Å². The fraction of sp³-hybridized carbons (Fsp3) is 0.545. The third-order valence-electron chi connectivity index (χ3n) is 2.34. The third kappa shape index (κ3) is 3.27. The minimum Gasteiger partial charge on any atom is -0.397 e. The highest BCUT2D eigenvalue weighted by Gasteiger charge is 2.11. The van der Waals surface area contributed by atoms with Gasteiger partial charge in [-0.25, -0.2) is 0 Å². The van der Waals surface area contributed by atoms with Crippen LogP contribution in [-0.2, 0) is 6.54 Å². The Morgan fingerprint density at radius 1 is 1.69 bits per heavy atom. The Kier molecular flexibility index (Phi) is 4.37. The second-order valence-electron chi connectivity index (χ2n) is 3.84. The second kappa shape index (κ2) is 5.55. The summed E-state index contributed by atoms with van der Waals surface area (Å²) >= 11 is 0. The summed E-state index contributed by atoms with van der Waals surface area (Å²) in [6.07, 6.45) is 1.89. The molecule has 0 spiro atoms. The van der Waals surface area contributed by atoms with Crippen molar-refractivity contribution in [2.45, 2.75) is 32.9 Å². The van der Waals surface area contributed by atoms with Crippen LogP contribution < -0.4 is 11.1 Å². The molecule has 1 aromatic rings. The Bertz CT molecular complexity index is 358. The van der Waals surface area contributed by atoms with Crippen LogP contribution in [0.4, 0.5) is 5.69 Å². The summed E-state index contributed by atoms with van der Waals surface area (Å²) < 4.78 is 1.80. The lowest BCUT2D eigenvalue weighted by Crippen LogP contribution is -2.28. The molecule has 0 aliphatic heterocycles. The van der Waals surface area contributed by atoms with E-state index in [4.69, 9.17) is 10.8 Å². The number of aromatic nitrogens is 1. The fourth-order valence-electron chi connectivity index (χ4n) is 1.47. The predicted molar refractivity (Wildman–Crippen MR) is 63.1 cm³/mol. The van der Waals surface area contributed by atoms with Crippen molar-refractivity contribution in [3.05, 3.63) is 18.0 Å². The van der Waals surface area contributed by atoms with Gasteiger partial charge in [0.25, 0.3) is 5.91 Å². The number of aliphatic hydroxyl groups is 1. The van der Waals surface area contributed by atoms with Gasteiger partial charge in [0.15, 0.2) is 0 Å². The molecule has 1 amide bonds. The molecule has 90 valence electrons. The molecule has 0 aliphatic rings. The van der Waals surface area contributed by atoms with E-state index in [0.717, 1.165) is 0 Å². The molecule has 1 heterocycles. The van der Waals surface area contributed by atoms with E-state index in [1.807, 2.05) is 6.92 Å². The van der Waals surface area contributed by atoms with Crippen molar-refractivity contribution in [3.8, 4) is 0 Å². The number of amides is 1. The van der Waals surface area contributed by atoms with Gasteiger partial charge in [0.05, 0.1) is 11.8 Å². The van der Waals surface area contributed by atoms with E-state index in [-0.39, 0.29) is 5.91 Å². The highest BCUT2D eigenvalue weighted by molar-refractivity contribution is 5.93. The molecule has 16 heavy (non-hydrogen) atoms. The number of nitrogens with two attached hydrogens (primary N) is 1. The van der Waals surface area contributed by atoms with E-state index in [9.17, 15) is 4.79 Å². The minimum absolute atomic E-state index is 0.154. The lowest BCUT2D eigenvalue weighted by molar-refractivity contribution is 0.0936. The quantitative estimate of drug-likeness (QED) is 0.686. The molecule has 1 atom stereocenters. The maximum absolute atomic E-state index is 11.8. The van der Waals surface area contributed by atoms with E-state index in [2.05, 4.69) is 5.32 Å². The van der Waals surface area contributed by atoms with Crippen molar-refractivity contribution in [1.29, 1.82) is 0 Å². The van der Waals surface area contributed by atoms with Crippen molar-refractivity contribution in [2.75, 3.05) is 12.3 Å². The number of hydrogen-bond acceptors (Lipinski definition) is 3. The summed E-state index contributed by atoms with van der Waals surface area (Å²) in [7, 11) is 0. The van der Waals surface area contributed by atoms with Crippen molar-refractivity contribution in [3.63, 3.8) is 0 Å². The number of carbonyl (C=O) groups is 1. The van der Waals surface area contributed by atoms with Crippen LogP contribution in [0.15, 0.2) is 12.3 Å². The molecule has 0 bridgehead atoms. The molecular weight excluding hydrogens is 206 g/mol. The molecule has 0 fully saturated rings. The number of carbonyl (C=O) groups excluding carboxylic acids is 1. The van der Waals surface area contributed by atoms with Gasteiger partial charge in [-0.15, -0.1) is 0 Å². The van der Waals surface area contributed by atoms with Crippen molar-refractivity contribution in [2.24, 2.45) is 0 Å². The molecule has 1 rings (SSSR count). The van der Waals surface area contributed by atoms with Gasteiger partial charge in [0, 0.05) is 19.3 Å². The van der Waals surface area contributed by atoms with Crippen LogP contribution >= 0.6 is 0 Å². The SMILES string of the molecule is CCn1cc(N)cc1C(=O)NCCC(C)O. The Labute approximate surface area is 95.3 Å². The molecule has 5 nitrogen and oxygen atoms in total. The number of rotatable bonds is 5. The van der Waals surface area contributed by atoms with Crippen molar-refractivity contribution >= 4 is 11.6 Å². The van der Waals surface area contributed by atoms with Crippen LogP contribution in [-0.4, -0.2) is 28.2 Å². The van der Waals surface area contributed by atoms with E-state index >= 15 is 0 Å². The van der Waals surface area contributed by atoms with Gasteiger partial charge in [0.1, 0.15) is 5.69 Å². The van der Waals surface area contributed by atoms with E-state index < -0.39 is 6.10 Å². The molecule has 4 N–H and O–H groups in total. The Balaban J connectivity index is 2.58. The highest BCUT2D eigenvalue weighted by atomic mass is 16.3. The molecule has 1 unspecified atom stereocenters. The molecule has 0 saturated carbocycles. The zero-order chi connectivity index (χ0) is 12.1. The van der Waals surface area contributed by atoms with Crippen LogP contribution in [0.1, 0.15) is 30.8 Å². The fourth-order valence-corrected chi connectivity index (χ4v) is 1.47. The van der Waals surface area contributed by atoms with Crippen molar-refractivity contribution < 1.29 is 9.90 Å². The molecule has 0 radical (unpaired) electrons. The van der Waals surface area contributed by atoms with E-state index in [1.165, 1.54) is 0 Å². The average molecular weight is 225 g/mol. The number of hydrogen-bond donors (Lipinski definition) is 3. The molecule has 1 aromatic heterocycles. The topological polar surface area (TPSA) is 80.3 Å². The summed E-state index contributed by atoms with van der Waals surface area (Å²) in [6, 6.07) is 1.65. The van der Waals surface area contributed by atoms with Gasteiger partial charge in [0.2, 0.25) is 0 Å². The first-order chi connectivity index (χ1) is 7.54. The first-order valence-electron chi connectivity index (χ1n) is 5.46. The van der Waals surface area contributed by atoms with E-state index in [1.54, 1.807) is 23.8 Å². The van der Waals surface area contributed by atoms with Gasteiger partial charge in [-0.1, -0.05) is 0 Å². The largest absolute Gasteiger partial charge is 0.397 e. The molecule has 5 heteroatoms. The standard InChI is InChI=1S/C11H19N3O2/c1-3-14-7-9(12)6-10(14)11(16)13-5-4-8(2)15/h6-8,15H,3-5,12H2,1-2H3,(H,13,16). The highest BCUT2D eigenvalue weighted by Crippen LogP contribution is 2.10. The number of nitrogen functional groups attached to an aromatic ring is 1. The Morgan fingerprint density at radius 2 is 2.38 bits per heavy atom. The van der Waals surface area contributed by atoms with E-state index in [0.29, 0.717) is 30.9 Å². The first-order valence-corrected chi connectivity index (χ1v) is 5.46. The van der Waals surface area contributed by atoms with Gasteiger partial charge >= 0.3 is 0 Å². The summed E-state index contributed by atoms with van der Waals surface area (Å²) in [5.41, 5.74) is 6.78. The normalized spacial score (nSPS) is 12.4. The molecular formula is C11H19N3O2. The van der Waals surface area contributed by atoms with Crippen LogP contribution in [0.2, 0.25) is 0 Å². The molecule has 0 aliphatic carbocycles. The van der Waals surface area contributed by atoms with Crippen LogP contribution in [0.25, 0.3) is 0 Å². The smallest absolute Gasteiger partial charge is 0.267 e. The van der Waals surface area contributed by atoms with Crippen LogP contribution in [0.3, 0.4) is 0 Å². The Morgan fingerprint density at radius 3 is 2.94 bits per heavy atom. The number of aliphatic hydroxyl groups excluding tert-OH is 1. The predicted octanol–water partition coefficient (Wildman–Crippen LogP) is 0.591. The maximum atomic E-state index is 11.8. The number of anilines is 1. The monoisotopic (exact) mass is 225 g/mol. The number of aryl methyl sites for hydroxylation is 1. The number of nitrogens with zero attached hydrogens (tertiary/aromatic N) is 1. The Hall–Kier alpha value is -1.49. The second-order valence-corrected chi connectivity index (χ2v) is 3.84. The number of nitrogens with one attached hydrogen (secondary N) is 1. The van der Waals surface area contributed by atoms with Gasteiger partial charge in [-0.3, -0.25) is 4.79 Å². The average Bonchev–Trinajstić information content (AvgIpc) is 2.59. The summed E-state index contributed by atoms with van der Waals surface area (Å²) in [4.78, 5) is 11.8. The summed E-state index contributed by atoms with van der Waals surface area (Å²) in [5, 5.41) is 11.8. The van der Waals surface area contributed by atoms with Gasteiger partial charge < -0.3 is 20.7 Å². The first kappa shape index (κ1) is 12.6. The molecule has 0 saturated heterocycles. The van der Waals surface area contributed by atoms with Crippen LogP contribution in [0.5, 0.6) is 0 Å². The van der Waals surface area contributed by atoms with Crippen molar-refractivity contribution in [1.82, 2.24) is 9.88 Å². The van der Waals surface area contributed by atoms with Gasteiger partial charge in [-0.05, 0) is 26.3 Å². The maximum Gasteiger partial charge on any atom is 0.267 e. The molecule has 0 aromatic carbocycles. The lowest BCUT2D eigenvalue weighted by atomic mass is 10.3. The minimum atomic E-state index is -0.400. The third-order valence-corrected chi connectivity index (χ3v) is 2.34. The zero-order valence-electron chi connectivity index (χ0n) is 9.73. The summed E-state index contributed by atoms with van der Waals surface area (Å²) in [6.45, 7) is 4.81. The lowest BCUT2D eigenvalue weighted by Gasteiger charge is -2.08. The zero-order valence-corrected chi connectivity index (χ0v) is 9.73. The van der Waals surface area contributed by atoms with Crippen LogP contribution in [0, 0.1) is 0 Å². The summed E-state index contributed by atoms with van der Waals surface area (Å²) in [5.74, 6) is -0.154.